The molecule has 5 heteroatoms. The van der Waals surface area contributed by atoms with Crippen molar-refractivity contribution in [1.29, 1.82) is 0 Å². The summed E-state index contributed by atoms with van der Waals surface area (Å²) >= 11 is 0. The quantitative estimate of drug-likeness (QED) is 0.620. The number of benzene rings is 1. The Morgan fingerprint density at radius 2 is 2.12 bits per heavy atom. The van der Waals surface area contributed by atoms with Crippen LogP contribution in [0.5, 0.6) is 5.75 Å². The van der Waals surface area contributed by atoms with Crippen molar-refractivity contribution >= 4 is 9.84 Å². The van der Waals surface area contributed by atoms with Crippen LogP contribution in [0.1, 0.15) is 13.3 Å². The standard InChI is InChI=1S/C12H17NO3S/c1-3-9-17(14,15)11-8-6-5-7-10(11)16-12(13)4-2/h3,5-8,12H,1,4,9,13H2,2H3. The first-order valence-electron chi connectivity index (χ1n) is 5.36. The van der Waals surface area contributed by atoms with Gasteiger partial charge in [-0.25, -0.2) is 8.42 Å². The SMILES string of the molecule is C=CCS(=O)(=O)c1ccccc1OC(N)CC. The normalized spacial score (nSPS) is 13.1. The van der Waals surface area contributed by atoms with Gasteiger partial charge in [-0.15, -0.1) is 6.58 Å². The molecule has 1 rings (SSSR count). The molecule has 0 heterocycles. The van der Waals surface area contributed by atoms with Gasteiger partial charge in [-0.05, 0) is 18.6 Å². The number of para-hydroxylation sites is 1. The maximum absolute atomic E-state index is 11.9. The zero-order valence-electron chi connectivity index (χ0n) is 9.80. The molecule has 0 amide bonds. The second-order valence-corrected chi connectivity index (χ2v) is 5.58. The molecule has 0 aromatic heterocycles. The minimum atomic E-state index is -3.39. The van der Waals surface area contributed by atoms with E-state index in [0.29, 0.717) is 12.2 Å². The molecule has 0 fully saturated rings. The molecular weight excluding hydrogens is 238 g/mol. The van der Waals surface area contributed by atoms with Gasteiger partial charge in [0.15, 0.2) is 9.84 Å². The molecule has 0 radical (unpaired) electrons. The Kier molecular flexibility index (Phi) is 4.72. The summed E-state index contributed by atoms with van der Waals surface area (Å²) in [6.45, 7) is 5.30. The molecule has 2 N–H and O–H groups in total. The largest absolute Gasteiger partial charge is 0.474 e. The summed E-state index contributed by atoms with van der Waals surface area (Å²) in [4.78, 5) is 0.156. The second kappa shape index (κ2) is 5.84. The first-order chi connectivity index (χ1) is 8.01. The van der Waals surface area contributed by atoms with E-state index in [1.165, 1.54) is 12.1 Å². The van der Waals surface area contributed by atoms with Crippen LogP contribution in [0.3, 0.4) is 0 Å². The molecule has 0 aliphatic rings. The summed E-state index contributed by atoms with van der Waals surface area (Å²) < 4.78 is 29.3. The maximum atomic E-state index is 11.9. The monoisotopic (exact) mass is 255 g/mol. The lowest BCUT2D eigenvalue weighted by Crippen LogP contribution is -2.26. The van der Waals surface area contributed by atoms with Crippen molar-refractivity contribution in [1.82, 2.24) is 0 Å². The predicted octanol–water partition coefficient (Wildman–Crippen LogP) is 1.72. The fourth-order valence-corrected chi connectivity index (χ4v) is 2.49. The van der Waals surface area contributed by atoms with E-state index in [9.17, 15) is 8.42 Å². The van der Waals surface area contributed by atoms with Crippen LogP contribution < -0.4 is 10.5 Å². The highest BCUT2D eigenvalue weighted by Crippen LogP contribution is 2.25. The van der Waals surface area contributed by atoms with Crippen molar-refractivity contribution in [3.63, 3.8) is 0 Å². The fraction of sp³-hybridized carbons (Fsp3) is 0.333. The average Bonchev–Trinajstić information content (AvgIpc) is 2.29. The Labute approximate surface area is 102 Å². The number of hydrogen-bond acceptors (Lipinski definition) is 4. The number of sulfone groups is 1. The summed E-state index contributed by atoms with van der Waals surface area (Å²) in [6, 6.07) is 6.48. The molecule has 0 aliphatic heterocycles. The zero-order valence-corrected chi connectivity index (χ0v) is 10.6. The second-order valence-electron chi connectivity index (χ2n) is 3.58. The molecule has 0 saturated heterocycles. The van der Waals surface area contributed by atoms with Crippen molar-refractivity contribution in [2.24, 2.45) is 5.73 Å². The van der Waals surface area contributed by atoms with Crippen LogP contribution >= 0.6 is 0 Å². The molecule has 0 saturated carbocycles. The smallest absolute Gasteiger partial charge is 0.185 e. The third-order valence-corrected chi connectivity index (χ3v) is 3.88. The Balaban J connectivity index is 3.12. The number of hydrogen-bond donors (Lipinski definition) is 1. The minimum Gasteiger partial charge on any atom is -0.474 e. The molecule has 1 aromatic rings. The van der Waals surface area contributed by atoms with Gasteiger partial charge in [-0.1, -0.05) is 25.1 Å². The average molecular weight is 255 g/mol. The molecule has 0 bridgehead atoms. The summed E-state index contributed by atoms with van der Waals surface area (Å²) in [7, 11) is -3.39. The molecule has 4 nitrogen and oxygen atoms in total. The van der Waals surface area contributed by atoms with Gasteiger partial charge in [0.1, 0.15) is 16.9 Å². The fourth-order valence-electron chi connectivity index (χ4n) is 1.30. The van der Waals surface area contributed by atoms with Gasteiger partial charge in [0.2, 0.25) is 0 Å². The van der Waals surface area contributed by atoms with Gasteiger partial charge in [-0.2, -0.15) is 0 Å². The van der Waals surface area contributed by atoms with Crippen LogP contribution in [-0.4, -0.2) is 20.4 Å². The number of rotatable bonds is 6. The van der Waals surface area contributed by atoms with E-state index in [2.05, 4.69) is 6.58 Å². The van der Waals surface area contributed by atoms with E-state index >= 15 is 0 Å². The summed E-state index contributed by atoms with van der Waals surface area (Å²) in [5, 5.41) is 0. The molecule has 0 aliphatic carbocycles. The third kappa shape index (κ3) is 3.57. The zero-order chi connectivity index (χ0) is 12.9. The van der Waals surface area contributed by atoms with E-state index in [-0.39, 0.29) is 10.6 Å². The van der Waals surface area contributed by atoms with Gasteiger partial charge >= 0.3 is 0 Å². The molecular formula is C12H17NO3S. The van der Waals surface area contributed by atoms with Crippen LogP contribution in [0.2, 0.25) is 0 Å². The molecule has 1 unspecified atom stereocenters. The van der Waals surface area contributed by atoms with E-state index in [0.717, 1.165) is 0 Å². The highest BCUT2D eigenvalue weighted by Gasteiger charge is 2.18. The van der Waals surface area contributed by atoms with Crippen LogP contribution in [0.4, 0.5) is 0 Å². The minimum absolute atomic E-state index is 0.116. The van der Waals surface area contributed by atoms with Crippen molar-refractivity contribution in [2.75, 3.05) is 5.75 Å². The van der Waals surface area contributed by atoms with Gasteiger partial charge < -0.3 is 4.74 Å². The van der Waals surface area contributed by atoms with Crippen molar-refractivity contribution in [3.05, 3.63) is 36.9 Å². The Hall–Kier alpha value is -1.33. The van der Waals surface area contributed by atoms with Gasteiger partial charge in [0, 0.05) is 0 Å². The lowest BCUT2D eigenvalue weighted by Gasteiger charge is -2.15. The number of nitrogens with two attached hydrogens (primary N) is 1. The first-order valence-corrected chi connectivity index (χ1v) is 7.01. The van der Waals surface area contributed by atoms with Crippen molar-refractivity contribution in [3.8, 4) is 5.75 Å². The Bertz CT molecular complexity index is 482. The summed E-state index contributed by atoms with van der Waals surface area (Å²) in [5.41, 5.74) is 5.65. The summed E-state index contributed by atoms with van der Waals surface area (Å²) in [5.74, 6) is 0.179. The molecule has 94 valence electrons. The Morgan fingerprint density at radius 1 is 1.47 bits per heavy atom. The topological polar surface area (TPSA) is 69.4 Å². The predicted molar refractivity (Wildman–Crippen MR) is 67.6 cm³/mol. The first kappa shape index (κ1) is 13.7. The van der Waals surface area contributed by atoms with Gasteiger partial charge in [0.05, 0.1) is 5.75 Å². The Morgan fingerprint density at radius 3 is 2.71 bits per heavy atom. The van der Waals surface area contributed by atoms with Crippen molar-refractivity contribution < 1.29 is 13.2 Å². The van der Waals surface area contributed by atoms with E-state index in [4.69, 9.17) is 10.5 Å². The highest BCUT2D eigenvalue weighted by atomic mass is 32.2. The maximum Gasteiger partial charge on any atom is 0.185 e. The van der Waals surface area contributed by atoms with Crippen LogP contribution in [-0.2, 0) is 9.84 Å². The van der Waals surface area contributed by atoms with E-state index < -0.39 is 16.1 Å². The third-order valence-electron chi connectivity index (χ3n) is 2.20. The highest BCUT2D eigenvalue weighted by molar-refractivity contribution is 7.91. The van der Waals surface area contributed by atoms with Gasteiger partial charge in [-0.3, -0.25) is 5.73 Å². The van der Waals surface area contributed by atoms with Crippen molar-refractivity contribution in [2.45, 2.75) is 24.5 Å². The molecule has 0 spiro atoms. The summed E-state index contributed by atoms with van der Waals surface area (Å²) in [6.07, 6.45) is 1.46. The lowest BCUT2D eigenvalue weighted by molar-refractivity contribution is 0.199. The van der Waals surface area contributed by atoms with E-state index in [1.807, 2.05) is 6.92 Å². The van der Waals surface area contributed by atoms with Gasteiger partial charge in [0.25, 0.3) is 0 Å². The van der Waals surface area contributed by atoms with Crippen LogP contribution in [0, 0.1) is 0 Å². The van der Waals surface area contributed by atoms with Crippen LogP contribution in [0.15, 0.2) is 41.8 Å². The molecule has 1 atom stereocenters. The van der Waals surface area contributed by atoms with E-state index in [1.54, 1.807) is 18.2 Å². The number of ether oxygens (including phenoxy) is 1. The lowest BCUT2D eigenvalue weighted by atomic mass is 10.3. The van der Waals surface area contributed by atoms with Crippen LogP contribution in [0.25, 0.3) is 0 Å². The molecule has 1 aromatic carbocycles. The molecule has 17 heavy (non-hydrogen) atoms.